The molecule has 0 bridgehead atoms. The molecule has 2 saturated heterocycles. The molecule has 6 heteroatoms. The number of hydrogen-bond donors (Lipinski definition) is 0. The van der Waals surface area contributed by atoms with Crippen LogP contribution in [-0.2, 0) is 4.79 Å². The highest BCUT2D eigenvalue weighted by molar-refractivity contribution is 5.79. The van der Waals surface area contributed by atoms with E-state index in [1.165, 1.54) is 11.4 Å². The average Bonchev–Trinajstić information content (AvgIpc) is 2.73. The number of rotatable bonds is 3. The van der Waals surface area contributed by atoms with Gasteiger partial charge in [0.05, 0.1) is 12.2 Å². The standard InChI is InChI=1S/C22H34N4O2/c1-17(2)24-10-12-26(13-11-24)22(27)18-6-8-25(9-7-18)19-4-5-20-21(16-19)28-15-14-23(20)3/h4-5,16-18H,6-15H2,1-3H3. The van der Waals surface area contributed by atoms with Gasteiger partial charge in [0, 0.05) is 70.0 Å². The summed E-state index contributed by atoms with van der Waals surface area (Å²) in [4.78, 5) is 22.2. The van der Waals surface area contributed by atoms with Gasteiger partial charge in [0.15, 0.2) is 0 Å². The summed E-state index contributed by atoms with van der Waals surface area (Å²) in [6.07, 6.45) is 1.89. The molecular formula is C22H34N4O2. The summed E-state index contributed by atoms with van der Waals surface area (Å²) in [5, 5.41) is 0. The van der Waals surface area contributed by atoms with E-state index >= 15 is 0 Å². The lowest BCUT2D eigenvalue weighted by Gasteiger charge is -2.40. The molecule has 0 aliphatic carbocycles. The number of piperidine rings is 1. The summed E-state index contributed by atoms with van der Waals surface area (Å²) < 4.78 is 5.86. The molecule has 4 rings (SSSR count). The zero-order valence-corrected chi connectivity index (χ0v) is 17.6. The van der Waals surface area contributed by atoms with Crippen molar-refractivity contribution in [3.63, 3.8) is 0 Å². The number of amides is 1. The molecule has 3 aliphatic heterocycles. The normalized spacial score (nSPS) is 21.6. The van der Waals surface area contributed by atoms with Gasteiger partial charge in [-0.2, -0.15) is 0 Å². The minimum absolute atomic E-state index is 0.182. The first-order valence-corrected chi connectivity index (χ1v) is 10.8. The maximum Gasteiger partial charge on any atom is 0.225 e. The third-order valence-corrected chi connectivity index (χ3v) is 6.60. The van der Waals surface area contributed by atoms with Crippen LogP contribution in [0.2, 0.25) is 0 Å². The Balaban J connectivity index is 1.32. The number of nitrogens with zero attached hydrogens (tertiary/aromatic N) is 4. The highest BCUT2D eigenvalue weighted by atomic mass is 16.5. The maximum absolute atomic E-state index is 13.0. The minimum Gasteiger partial charge on any atom is -0.489 e. The van der Waals surface area contributed by atoms with Crippen molar-refractivity contribution in [2.24, 2.45) is 5.92 Å². The Morgan fingerprint density at radius 2 is 1.75 bits per heavy atom. The molecule has 0 atom stereocenters. The number of hydrogen-bond acceptors (Lipinski definition) is 5. The van der Waals surface area contributed by atoms with E-state index in [0.717, 1.165) is 71.0 Å². The quantitative estimate of drug-likeness (QED) is 0.797. The van der Waals surface area contributed by atoms with Crippen LogP contribution in [0.25, 0.3) is 0 Å². The van der Waals surface area contributed by atoms with Crippen LogP contribution in [0.5, 0.6) is 5.75 Å². The largest absolute Gasteiger partial charge is 0.489 e. The van der Waals surface area contributed by atoms with Crippen LogP contribution in [0.3, 0.4) is 0 Å². The zero-order chi connectivity index (χ0) is 19.7. The van der Waals surface area contributed by atoms with E-state index in [2.05, 4.69) is 58.7 Å². The molecule has 0 N–H and O–H groups in total. The molecule has 2 fully saturated rings. The number of likely N-dealkylation sites (N-methyl/N-ethyl adjacent to an activating group) is 1. The van der Waals surface area contributed by atoms with E-state index < -0.39 is 0 Å². The van der Waals surface area contributed by atoms with Gasteiger partial charge in [-0.3, -0.25) is 9.69 Å². The Hall–Kier alpha value is -1.95. The number of carbonyl (C=O) groups excluding carboxylic acids is 1. The van der Waals surface area contributed by atoms with Crippen molar-refractivity contribution in [2.45, 2.75) is 32.7 Å². The number of ether oxygens (including phenoxy) is 1. The van der Waals surface area contributed by atoms with Crippen LogP contribution >= 0.6 is 0 Å². The Morgan fingerprint density at radius 1 is 1.04 bits per heavy atom. The molecule has 1 aromatic carbocycles. The molecular weight excluding hydrogens is 352 g/mol. The van der Waals surface area contributed by atoms with Crippen LogP contribution in [0, 0.1) is 5.92 Å². The Kier molecular flexibility index (Phi) is 5.67. The summed E-state index contributed by atoms with van der Waals surface area (Å²) in [5.41, 5.74) is 2.38. The average molecular weight is 387 g/mol. The predicted molar refractivity (Wildman–Crippen MR) is 113 cm³/mol. The van der Waals surface area contributed by atoms with Crippen molar-refractivity contribution in [3.8, 4) is 5.75 Å². The van der Waals surface area contributed by atoms with Gasteiger partial charge < -0.3 is 19.4 Å². The van der Waals surface area contributed by atoms with Crippen LogP contribution in [0.4, 0.5) is 11.4 Å². The second-order valence-electron chi connectivity index (χ2n) is 8.64. The molecule has 0 unspecified atom stereocenters. The van der Waals surface area contributed by atoms with Gasteiger partial charge in [-0.1, -0.05) is 0 Å². The van der Waals surface area contributed by atoms with Crippen molar-refractivity contribution in [1.82, 2.24) is 9.80 Å². The summed E-state index contributed by atoms with van der Waals surface area (Å²) >= 11 is 0. The Bertz CT molecular complexity index is 692. The van der Waals surface area contributed by atoms with Crippen LogP contribution in [0.15, 0.2) is 18.2 Å². The fraction of sp³-hybridized carbons (Fsp3) is 0.682. The second-order valence-corrected chi connectivity index (χ2v) is 8.64. The number of carbonyl (C=O) groups is 1. The van der Waals surface area contributed by atoms with Gasteiger partial charge in [-0.15, -0.1) is 0 Å². The molecule has 6 nitrogen and oxygen atoms in total. The van der Waals surface area contributed by atoms with Crippen molar-refractivity contribution >= 4 is 17.3 Å². The van der Waals surface area contributed by atoms with Crippen LogP contribution in [0.1, 0.15) is 26.7 Å². The molecule has 0 spiro atoms. The molecule has 0 aromatic heterocycles. The Labute approximate surface area is 169 Å². The van der Waals surface area contributed by atoms with Crippen molar-refractivity contribution in [1.29, 1.82) is 0 Å². The monoisotopic (exact) mass is 386 g/mol. The third-order valence-electron chi connectivity index (χ3n) is 6.60. The van der Waals surface area contributed by atoms with E-state index in [4.69, 9.17) is 4.74 Å². The van der Waals surface area contributed by atoms with E-state index in [9.17, 15) is 4.79 Å². The van der Waals surface area contributed by atoms with E-state index in [-0.39, 0.29) is 5.92 Å². The smallest absolute Gasteiger partial charge is 0.225 e. The number of piperazine rings is 1. The summed E-state index contributed by atoms with van der Waals surface area (Å²) in [6, 6.07) is 7.09. The van der Waals surface area contributed by atoms with Gasteiger partial charge in [0.1, 0.15) is 12.4 Å². The highest BCUT2D eigenvalue weighted by Crippen LogP contribution is 2.35. The SMILES string of the molecule is CC(C)N1CCN(C(=O)C2CCN(c3ccc4c(c3)OCCN4C)CC2)CC1. The molecule has 1 amide bonds. The van der Waals surface area contributed by atoms with Gasteiger partial charge in [-0.25, -0.2) is 0 Å². The van der Waals surface area contributed by atoms with Crippen LogP contribution < -0.4 is 14.5 Å². The van der Waals surface area contributed by atoms with Crippen molar-refractivity contribution in [3.05, 3.63) is 18.2 Å². The highest BCUT2D eigenvalue weighted by Gasteiger charge is 2.31. The lowest BCUT2D eigenvalue weighted by Crippen LogP contribution is -2.53. The number of anilines is 2. The van der Waals surface area contributed by atoms with E-state index in [1.54, 1.807) is 0 Å². The first-order valence-electron chi connectivity index (χ1n) is 10.8. The first kappa shape index (κ1) is 19.4. The predicted octanol–water partition coefficient (Wildman–Crippen LogP) is 2.28. The lowest BCUT2D eigenvalue weighted by atomic mass is 9.94. The van der Waals surface area contributed by atoms with Crippen molar-refractivity contribution < 1.29 is 9.53 Å². The van der Waals surface area contributed by atoms with E-state index in [0.29, 0.717) is 11.9 Å². The number of benzene rings is 1. The van der Waals surface area contributed by atoms with Gasteiger partial charge in [-0.05, 0) is 38.8 Å². The molecule has 0 saturated carbocycles. The fourth-order valence-electron chi connectivity index (χ4n) is 4.64. The summed E-state index contributed by atoms with van der Waals surface area (Å²) in [7, 11) is 2.11. The molecule has 0 radical (unpaired) electrons. The first-order chi connectivity index (χ1) is 13.5. The lowest BCUT2D eigenvalue weighted by molar-refractivity contribution is -0.138. The second kappa shape index (κ2) is 8.19. The summed E-state index contributed by atoms with van der Waals surface area (Å²) in [5.74, 6) is 1.53. The maximum atomic E-state index is 13.0. The third kappa shape index (κ3) is 3.93. The topological polar surface area (TPSA) is 39.3 Å². The molecule has 3 heterocycles. The van der Waals surface area contributed by atoms with Gasteiger partial charge in [0.2, 0.25) is 5.91 Å². The van der Waals surface area contributed by atoms with E-state index in [1.807, 2.05) is 0 Å². The minimum atomic E-state index is 0.182. The molecule has 154 valence electrons. The summed E-state index contributed by atoms with van der Waals surface area (Å²) in [6.45, 7) is 11.8. The molecule has 1 aromatic rings. The Morgan fingerprint density at radius 3 is 2.43 bits per heavy atom. The zero-order valence-electron chi connectivity index (χ0n) is 17.6. The number of fused-ring (bicyclic) bond motifs is 1. The molecule has 3 aliphatic rings. The molecule has 28 heavy (non-hydrogen) atoms. The van der Waals surface area contributed by atoms with Gasteiger partial charge in [0.25, 0.3) is 0 Å². The van der Waals surface area contributed by atoms with Crippen LogP contribution in [-0.4, -0.2) is 81.2 Å². The van der Waals surface area contributed by atoms with Gasteiger partial charge >= 0.3 is 0 Å². The van der Waals surface area contributed by atoms with Crippen molar-refractivity contribution in [2.75, 3.05) is 69.3 Å². The fourth-order valence-corrected chi connectivity index (χ4v) is 4.64.